The first kappa shape index (κ1) is 15.2. The molecule has 0 amide bonds. The van der Waals surface area contributed by atoms with Crippen LogP contribution in [0.2, 0.25) is 0 Å². The summed E-state index contributed by atoms with van der Waals surface area (Å²) in [7, 11) is 0. The van der Waals surface area contributed by atoms with Gasteiger partial charge in [0, 0.05) is 18.8 Å². The number of aryl methyl sites for hydroxylation is 1. The fourth-order valence-electron chi connectivity index (χ4n) is 2.90. The second kappa shape index (κ2) is 6.08. The van der Waals surface area contributed by atoms with Gasteiger partial charge < -0.3 is 15.3 Å². The van der Waals surface area contributed by atoms with Crippen LogP contribution in [0, 0.1) is 10.6 Å². The average molecular weight is 314 g/mol. The summed E-state index contributed by atoms with van der Waals surface area (Å²) < 4.78 is 16.1. The smallest absolute Gasteiger partial charge is 0.177 e. The first-order valence-electron chi connectivity index (χ1n) is 6.45. The summed E-state index contributed by atoms with van der Waals surface area (Å²) in [4.78, 5) is 3.04. The maximum Gasteiger partial charge on any atom is 0.177 e. The van der Waals surface area contributed by atoms with Crippen LogP contribution >= 0.6 is 24.6 Å². The lowest BCUT2D eigenvalue weighted by Gasteiger charge is -2.27. The van der Waals surface area contributed by atoms with Crippen molar-refractivity contribution in [2.24, 2.45) is 5.73 Å². The van der Waals surface area contributed by atoms with Crippen molar-refractivity contribution in [2.45, 2.75) is 31.8 Å². The van der Waals surface area contributed by atoms with E-state index in [1.54, 1.807) is 6.07 Å². The third-order valence-corrected chi connectivity index (χ3v) is 4.15. The Morgan fingerprint density at radius 1 is 1.40 bits per heavy atom. The number of aromatic amines is 1. The fourth-order valence-corrected chi connectivity index (χ4v) is 3.22. The highest BCUT2D eigenvalue weighted by molar-refractivity contribution is 7.71. The molecular weight excluding hydrogens is 297 g/mol. The Morgan fingerprint density at radius 3 is 2.95 bits per heavy atom. The molecule has 0 fully saturated rings. The molecule has 1 heterocycles. The molecule has 1 aliphatic rings. The van der Waals surface area contributed by atoms with E-state index in [0.29, 0.717) is 11.3 Å². The Labute approximate surface area is 128 Å². The number of aromatic nitrogens is 2. The van der Waals surface area contributed by atoms with Crippen LogP contribution in [0.3, 0.4) is 0 Å². The number of benzene rings is 1. The molecule has 108 valence electrons. The Bertz CT molecular complexity index is 665. The van der Waals surface area contributed by atoms with E-state index >= 15 is 0 Å². The van der Waals surface area contributed by atoms with E-state index in [0.717, 1.165) is 30.5 Å². The standard InChI is InChI=1S/C14H16FN3S.ClH/c15-11-3-1-9-2-4-12(6-10(9)5-11)18-13(7-16)8-17-14(18)19;/h1,3,5,8,12H,2,4,6-7,16H2,(H,17,19);1H/t12-;/m0./s1. The Morgan fingerprint density at radius 2 is 2.20 bits per heavy atom. The molecule has 0 saturated carbocycles. The maximum atomic E-state index is 13.3. The molecule has 3 rings (SSSR count). The minimum atomic E-state index is -0.170. The Kier molecular flexibility index (Phi) is 4.62. The molecule has 2 aromatic rings. The number of nitrogens with zero attached hydrogens (tertiary/aromatic N) is 1. The van der Waals surface area contributed by atoms with Crippen LogP contribution in [0.15, 0.2) is 24.4 Å². The highest BCUT2D eigenvalue weighted by atomic mass is 35.5. The van der Waals surface area contributed by atoms with Crippen molar-refractivity contribution in [3.8, 4) is 0 Å². The first-order valence-corrected chi connectivity index (χ1v) is 6.86. The number of hydrogen-bond donors (Lipinski definition) is 2. The molecule has 0 unspecified atom stereocenters. The lowest BCUT2D eigenvalue weighted by Crippen LogP contribution is -2.21. The molecule has 1 aromatic heterocycles. The van der Waals surface area contributed by atoms with Gasteiger partial charge in [-0.3, -0.25) is 0 Å². The topological polar surface area (TPSA) is 46.7 Å². The van der Waals surface area contributed by atoms with Crippen molar-refractivity contribution in [1.82, 2.24) is 9.55 Å². The Balaban J connectivity index is 0.00000147. The summed E-state index contributed by atoms with van der Waals surface area (Å²) >= 11 is 5.32. The lowest BCUT2D eigenvalue weighted by atomic mass is 9.88. The van der Waals surface area contributed by atoms with E-state index in [1.807, 2.05) is 12.3 Å². The molecule has 0 bridgehead atoms. The summed E-state index contributed by atoms with van der Waals surface area (Å²) in [5, 5.41) is 0. The molecule has 0 spiro atoms. The zero-order valence-corrected chi connectivity index (χ0v) is 12.6. The quantitative estimate of drug-likeness (QED) is 0.836. The van der Waals surface area contributed by atoms with Crippen LogP contribution in [-0.4, -0.2) is 9.55 Å². The highest BCUT2D eigenvalue weighted by Gasteiger charge is 2.22. The number of rotatable bonds is 2. The van der Waals surface area contributed by atoms with Crippen molar-refractivity contribution in [1.29, 1.82) is 0 Å². The second-order valence-electron chi connectivity index (χ2n) is 4.97. The normalized spacial score (nSPS) is 17.4. The summed E-state index contributed by atoms with van der Waals surface area (Å²) in [5.74, 6) is -0.170. The number of imidazole rings is 1. The largest absolute Gasteiger partial charge is 0.337 e. The maximum absolute atomic E-state index is 13.3. The van der Waals surface area contributed by atoms with Gasteiger partial charge in [-0.15, -0.1) is 12.4 Å². The van der Waals surface area contributed by atoms with Gasteiger partial charge in [-0.1, -0.05) is 6.07 Å². The van der Waals surface area contributed by atoms with Gasteiger partial charge in [-0.25, -0.2) is 4.39 Å². The van der Waals surface area contributed by atoms with Crippen molar-refractivity contribution in [2.75, 3.05) is 0 Å². The van der Waals surface area contributed by atoms with E-state index in [9.17, 15) is 4.39 Å². The summed E-state index contributed by atoms with van der Waals surface area (Å²) in [6.07, 6.45) is 4.64. The van der Waals surface area contributed by atoms with Crippen molar-refractivity contribution < 1.29 is 4.39 Å². The van der Waals surface area contributed by atoms with Gasteiger partial charge in [0.25, 0.3) is 0 Å². The van der Waals surface area contributed by atoms with Crippen molar-refractivity contribution >= 4 is 24.6 Å². The summed E-state index contributed by atoms with van der Waals surface area (Å²) in [6, 6.07) is 5.33. The van der Waals surface area contributed by atoms with Gasteiger partial charge in [0.1, 0.15) is 5.82 Å². The fraction of sp³-hybridized carbons (Fsp3) is 0.357. The van der Waals surface area contributed by atoms with Crippen molar-refractivity contribution in [3.63, 3.8) is 0 Å². The van der Waals surface area contributed by atoms with Gasteiger partial charge in [0.05, 0.1) is 5.69 Å². The van der Waals surface area contributed by atoms with E-state index < -0.39 is 0 Å². The zero-order valence-electron chi connectivity index (χ0n) is 10.9. The molecule has 0 radical (unpaired) electrons. The van der Waals surface area contributed by atoms with Crippen LogP contribution in [0.4, 0.5) is 4.39 Å². The minimum absolute atomic E-state index is 0. The SMILES string of the molecule is Cl.NCc1c[nH]c(=S)n1[C@H]1CCc2ccc(F)cc2C1. The average Bonchev–Trinajstić information content (AvgIpc) is 2.79. The van der Waals surface area contributed by atoms with E-state index in [2.05, 4.69) is 9.55 Å². The monoisotopic (exact) mass is 313 g/mol. The predicted molar refractivity (Wildman–Crippen MR) is 82.2 cm³/mol. The number of halogens is 2. The van der Waals surface area contributed by atoms with Crippen LogP contribution < -0.4 is 5.73 Å². The van der Waals surface area contributed by atoms with Crippen LogP contribution in [0.1, 0.15) is 29.3 Å². The lowest BCUT2D eigenvalue weighted by molar-refractivity contribution is 0.425. The first-order chi connectivity index (χ1) is 9.19. The predicted octanol–water partition coefficient (Wildman–Crippen LogP) is 3.30. The molecule has 3 nitrogen and oxygen atoms in total. The molecule has 3 N–H and O–H groups in total. The van der Waals surface area contributed by atoms with Crippen molar-refractivity contribution in [3.05, 3.63) is 51.8 Å². The van der Waals surface area contributed by atoms with Gasteiger partial charge in [-0.2, -0.15) is 0 Å². The zero-order chi connectivity index (χ0) is 13.4. The highest BCUT2D eigenvalue weighted by Crippen LogP contribution is 2.30. The summed E-state index contributed by atoms with van der Waals surface area (Å²) in [5.41, 5.74) is 9.08. The number of fused-ring (bicyclic) bond motifs is 1. The molecule has 0 aliphatic heterocycles. The summed E-state index contributed by atoms with van der Waals surface area (Å²) in [6.45, 7) is 0.458. The van der Waals surface area contributed by atoms with E-state index in [4.69, 9.17) is 18.0 Å². The van der Waals surface area contributed by atoms with Crippen LogP contribution in [0.5, 0.6) is 0 Å². The molecular formula is C14H17ClFN3S. The Hall–Kier alpha value is -1.17. The van der Waals surface area contributed by atoms with Gasteiger partial charge >= 0.3 is 0 Å². The molecule has 20 heavy (non-hydrogen) atoms. The van der Waals surface area contributed by atoms with Crippen LogP contribution in [-0.2, 0) is 19.4 Å². The van der Waals surface area contributed by atoms with Gasteiger partial charge in [0.15, 0.2) is 4.77 Å². The molecule has 0 saturated heterocycles. The van der Waals surface area contributed by atoms with E-state index in [1.165, 1.54) is 11.6 Å². The molecule has 1 atom stereocenters. The minimum Gasteiger partial charge on any atom is -0.337 e. The van der Waals surface area contributed by atoms with Gasteiger partial charge in [-0.05, 0) is 54.7 Å². The molecule has 1 aromatic carbocycles. The van der Waals surface area contributed by atoms with E-state index in [-0.39, 0.29) is 24.3 Å². The number of nitrogens with two attached hydrogens (primary N) is 1. The third-order valence-electron chi connectivity index (χ3n) is 3.84. The molecule has 6 heteroatoms. The molecule has 1 aliphatic carbocycles. The van der Waals surface area contributed by atoms with Crippen LogP contribution in [0.25, 0.3) is 0 Å². The second-order valence-corrected chi connectivity index (χ2v) is 5.36. The number of nitrogens with one attached hydrogen (secondary N) is 1. The number of H-pyrrole nitrogens is 1. The number of hydrogen-bond acceptors (Lipinski definition) is 2. The van der Waals surface area contributed by atoms with Gasteiger partial charge in [0.2, 0.25) is 0 Å². The third kappa shape index (κ3) is 2.66.